The predicted molar refractivity (Wildman–Crippen MR) is 127 cm³/mol. The third-order valence-electron chi connectivity index (χ3n) is 6.88. The highest BCUT2D eigenvalue weighted by atomic mass is 14.8. The van der Waals surface area contributed by atoms with Crippen molar-refractivity contribution in [3.8, 4) is 0 Å². The Morgan fingerprint density at radius 2 is 1.83 bits per heavy atom. The molecule has 0 saturated heterocycles. The SMILES string of the molecule is Cc1cccc2c3c(ccc12)C1=C(CC3)CC(c2cc3ccccc3nc2N)C=C1. The van der Waals surface area contributed by atoms with Crippen molar-refractivity contribution in [1.82, 2.24) is 4.98 Å². The molecular formula is C28H24N2. The average Bonchev–Trinajstić information content (AvgIpc) is 2.78. The summed E-state index contributed by atoms with van der Waals surface area (Å²) in [5, 5.41) is 3.95. The maximum Gasteiger partial charge on any atom is 0.127 e. The van der Waals surface area contributed by atoms with E-state index in [1.165, 1.54) is 33.0 Å². The molecule has 0 aliphatic heterocycles. The Morgan fingerprint density at radius 1 is 0.933 bits per heavy atom. The summed E-state index contributed by atoms with van der Waals surface area (Å²) in [5.41, 5.74) is 15.7. The molecule has 1 unspecified atom stereocenters. The van der Waals surface area contributed by atoms with E-state index in [0.717, 1.165) is 35.7 Å². The molecule has 0 fully saturated rings. The second-order valence-electron chi connectivity index (χ2n) is 8.60. The number of fused-ring (bicyclic) bond motifs is 5. The summed E-state index contributed by atoms with van der Waals surface area (Å²) in [6.45, 7) is 2.20. The molecule has 1 aromatic heterocycles. The molecule has 0 amide bonds. The van der Waals surface area contributed by atoms with E-state index in [4.69, 9.17) is 5.73 Å². The van der Waals surface area contributed by atoms with Crippen LogP contribution in [0.2, 0.25) is 0 Å². The number of hydrogen-bond acceptors (Lipinski definition) is 2. The highest BCUT2D eigenvalue weighted by Crippen LogP contribution is 2.44. The summed E-state index contributed by atoms with van der Waals surface area (Å²) in [5.74, 6) is 0.954. The van der Waals surface area contributed by atoms with Crippen molar-refractivity contribution in [2.24, 2.45) is 0 Å². The van der Waals surface area contributed by atoms with Gasteiger partial charge in [0.05, 0.1) is 5.52 Å². The van der Waals surface area contributed by atoms with E-state index >= 15 is 0 Å². The second-order valence-corrected chi connectivity index (χ2v) is 8.60. The van der Waals surface area contributed by atoms with Gasteiger partial charge in [-0.05, 0) is 71.4 Å². The van der Waals surface area contributed by atoms with E-state index < -0.39 is 0 Å². The third-order valence-corrected chi connectivity index (χ3v) is 6.88. The van der Waals surface area contributed by atoms with E-state index in [0.29, 0.717) is 11.7 Å². The van der Waals surface area contributed by atoms with Gasteiger partial charge >= 0.3 is 0 Å². The number of pyridine rings is 1. The first-order valence-electron chi connectivity index (χ1n) is 10.8. The molecule has 2 aliphatic rings. The number of para-hydroxylation sites is 1. The number of allylic oxidation sites excluding steroid dienone is 4. The summed E-state index contributed by atoms with van der Waals surface area (Å²) in [4.78, 5) is 4.66. The van der Waals surface area contributed by atoms with E-state index in [2.05, 4.69) is 72.6 Å². The van der Waals surface area contributed by atoms with Gasteiger partial charge in [0.15, 0.2) is 0 Å². The Balaban J connectivity index is 1.41. The van der Waals surface area contributed by atoms with Crippen molar-refractivity contribution in [2.75, 3.05) is 5.73 Å². The molecule has 2 nitrogen and oxygen atoms in total. The molecule has 2 N–H and O–H groups in total. The highest BCUT2D eigenvalue weighted by molar-refractivity contribution is 5.95. The molecule has 6 rings (SSSR count). The van der Waals surface area contributed by atoms with Gasteiger partial charge in [-0.25, -0.2) is 4.98 Å². The number of rotatable bonds is 1. The number of anilines is 1. The largest absolute Gasteiger partial charge is 0.383 e. The van der Waals surface area contributed by atoms with Gasteiger partial charge < -0.3 is 5.73 Å². The molecule has 3 aromatic carbocycles. The van der Waals surface area contributed by atoms with E-state index in [1.807, 2.05) is 12.1 Å². The van der Waals surface area contributed by atoms with E-state index in [9.17, 15) is 0 Å². The van der Waals surface area contributed by atoms with Gasteiger partial charge in [0.2, 0.25) is 0 Å². The summed E-state index contributed by atoms with van der Waals surface area (Å²) < 4.78 is 0. The van der Waals surface area contributed by atoms with Crippen LogP contribution in [0.4, 0.5) is 5.82 Å². The van der Waals surface area contributed by atoms with Crippen LogP contribution in [0.5, 0.6) is 0 Å². The minimum absolute atomic E-state index is 0.296. The fraction of sp³-hybridized carbons (Fsp3) is 0.179. The predicted octanol–water partition coefficient (Wildman–Crippen LogP) is 6.72. The van der Waals surface area contributed by atoms with E-state index in [-0.39, 0.29) is 0 Å². The second kappa shape index (κ2) is 6.56. The van der Waals surface area contributed by atoms with Crippen LogP contribution in [0, 0.1) is 6.92 Å². The normalized spacial score (nSPS) is 18.0. The zero-order valence-corrected chi connectivity index (χ0v) is 17.2. The van der Waals surface area contributed by atoms with E-state index in [1.54, 1.807) is 5.57 Å². The smallest absolute Gasteiger partial charge is 0.127 e. The van der Waals surface area contributed by atoms with Crippen molar-refractivity contribution in [1.29, 1.82) is 0 Å². The Hall–Kier alpha value is -3.39. The molecule has 0 spiro atoms. The summed E-state index contributed by atoms with van der Waals surface area (Å²) in [6.07, 6.45) is 7.92. The monoisotopic (exact) mass is 388 g/mol. The van der Waals surface area contributed by atoms with Crippen LogP contribution in [0.25, 0.3) is 27.2 Å². The van der Waals surface area contributed by atoms with Gasteiger partial charge in [0, 0.05) is 16.9 Å². The molecule has 1 heterocycles. The van der Waals surface area contributed by atoms with Crippen LogP contribution in [0.3, 0.4) is 0 Å². The van der Waals surface area contributed by atoms with Gasteiger partial charge in [0.25, 0.3) is 0 Å². The first kappa shape index (κ1) is 17.5. The molecule has 2 aliphatic carbocycles. The number of nitrogens with two attached hydrogens (primary N) is 1. The zero-order valence-electron chi connectivity index (χ0n) is 17.2. The Bertz CT molecular complexity index is 1390. The molecule has 146 valence electrons. The minimum atomic E-state index is 0.296. The van der Waals surface area contributed by atoms with Gasteiger partial charge in [0.1, 0.15) is 5.82 Å². The first-order chi connectivity index (χ1) is 14.7. The van der Waals surface area contributed by atoms with Crippen LogP contribution in [-0.4, -0.2) is 4.98 Å². The van der Waals surface area contributed by atoms with Gasteiger partial charge in [-0.3, -0.25) is 0 Å². The number of aryl methyl sites for hydroxylation is 2. The fourth-order valence-corrected chi connectivity index (χ4v) is 5.32. The Morgan fingerprint density at radius 3 is 2.77 bits per heavy atom. The van der Waals surface area contributed by atoms with Crippen molar-refractivity contribution < 1.29 is 0 Å². The third kappa shape index (κ3) is 2.60. The zero-order chi connectivity index (χ0) is 20.2. The maximum atomic E-state index is 6.38. The van der Waals surface area contributed by atoms with Gasteiger partial charge in [-0.1, -0.05) is 66.3 Å². The fourth-order valence-electron chi connectivity index (χ4n) is 5.32. The van der Waals surface area contributed by atoms with Crippen LogP contribution in [0.1, 0.15) is 41.0 Å². The van der Waals surface area contributed by atoms with Crippen LogP contribution < -0.4 is 5.73 Å². The molecule has 4 aromatic rings. The van der Waals surface area contributed by atoms with Crippen LogP contribution in [0.15, 0.2) is 78.4 Å². The number of aromatic nitrogens is 1. The first-order valence-corrected chi connectivity index (χ1v) is 10.8. The summed E-state index contributed by atoms with van der Waals surface area (Å²) in [7, 11) is 0. The molecule has 0 saturated carbocycles. The summed E-state index contributed by atoms with van der Waals surface area (Å²) in [6, 6.07) is 21.7. The van der Waals surface area contributed by atoms with Crippen LogP contribution in [-0.2, 0) is 6.42 Å². The molecular weight excluding hydrogens is 364 g/mol. The lowest BCUT2D eigenvalue weighted by atomic mass is 9.75. The number of benzene rings is 3. The topological polar surface area (TPSA) is 38.9 Å². The summed E-state index contributed by atoms with van der Waals surface area (Å²) >= 11 is 0. The minimum Gasteiger partial charge on any atom is -0.383 e. The molecule has 0 bridgehead atoms. The quantitative estimate of drug-likeness (QED) is 0.393. The molecule has 1 atom stereocenters. The lowest BCUT2D eigenvalue weighted by Crippen LogP contribution is -2.12. The standard InChI is InChI=1S/C28H24N2/c1-17-5-4-7-23-21(17)13-14-24-22-11-9-19(15-18(22)10-12-25(23)24)26-16-20-6-2-3-8-27(20)30-28(26)29/h2-9,11,13-14,16,19H,10,12,15H2,1H3,(H2,29,30). The Labute approximate surface area is 176 Å². The van der Waals surface area contributed by atoms with Crippen molar-refractivity contribution in [3.05, 3.63) is 101 Å². The average molecular weight is 389 g/mol. The number of nitrogens with zero attached hydrogens (tertiary/aromatic N) is 1. The molecule has 0 radical (unpaired) electrons. The number of hydrogen-bond donors (Lipinski definition) is 1. The van der Waals surface area contributed by atoms with Crippen LogP contribution >= 0.6 is 0 Å². The van der Waals surface area contributed by atoms with Crippen molar-refractivity contribution in [3.63, 3.8) is 0 Å². The lowest BCUT2D eigenvalue weighted by molar-refractivity contribution is 0.757. The van der Waals surface area contributed by atoms with Crippen molar-refractivity contribution >= 4 is 33.1 Å². The molecule has 2 heteroatoms. The highest BCUT2D eigenvalue weighted by Gasteiger charge is 2.26. The number of nitrogen functional groups attached to an aromatic ring is 1. The van der Waals surface area contributed by atoms with Crippen molar-refractivity contribution in [2.45, 2.75) is 32.1 Å². The Kier molecular flexibility index (Phi) is 3.82. The van der Waals surface area contributed by atoms with Gasteiger partial charge in [-0.15, -0.1) is 0 Å². The lowest BCUT2D eigenvalue weighted by Gasteiger charge is -2.29. The molecule has 30 heavy (non-hydrogen) atoms. The van der Waals surface area contributed by atoms with Gasteiger partial charge in [-0.2, -0.15) is 0 Å². The maximum absolute atomic E-state index is 6.38.